The Kier molecular flexibility index (Phi) is 5.85. The van der Waals surface area contributed by atoms with E-state index in [0.717, 1.165) is 23.1 Å². The summed E-state index contributed by atoms with van der Waals surface area (Å²) < 4.78 is 16.3. The summed E-state index contributed by atoms with van der Waals surface area (Å²) in [5.41, 5.74) is 2.49. The number of H-pyrrole nitrogens is 1. The van der Waals surface area contributed by atoms with Crippen LogP contribution in [0.2, 0.25) is 0 Å². The van der Waals surface area contributed by atoms with Crippen LogP contribution in [-0.2, 0) is 6.42 Å². The molecule has 8 heteroatoms. The highest BCUT2D eigenvalue weighted by atomic mass is 32.1. The fraction of sp³-hybridized carbons (Fsp3) is 0.182. The minimum atomic E-state index is -0.291. The Bertz CT molecular complexity index is 1150. The lowest BCUT2D eigenvalue weighted by molar-refractivity contribution is 0.102. The first-order chi connectivity index (χ1) is 14.7. The second kappa shape index (κ2) is 8.87. The van der Waals surface area contributed by atoms with Gasteiger partial charge in [-0.2, -0.15) is 16.4 Å². The molecule has 2 N–H and O–H groups in total. The van der Waals surface area contributed by atoms with Crippen LogP contribution in [0.3, 0.4) is 0 Å². The second-order valence-corrected chi connectivity index (χ2v) is 7.31. The number of carbonyl (C=O) groups is 1. The van der Waals surface area contributed by atoms with Crippen LogP contribution in [-0.4, -0.2) is 36.9 Å². The van der Waals surface area contributed by atoms with Gasteiger partial charge in [0.1, 0.15) is 5.75 Å². The zero-order chi connectivity index (χ0) is 20.9. The highest BCUT2D eigenvalue weighted by Crippen LogP contribution is 2.29. The molecular formula is C22H21N3O4S. The highest BCUT2D eigenvalue weighted by Gasteiger charge is 2.14. The monoisotopic (exact) mass is 423 g/mol. The van der Waals surface area contributed by atoms with Crippen LogP contribution in [0.5, 0.6) is 17.2 Å². The van der Waals surface area contributed by atoms with E-state index >= 15 is 0 Å². The molecule has 0 fully saturated rings. The van der Waals surface area contributed by atoms with Crippen molar-refractivity contribution in [3.63, 3.8) is 0 Å². The van der Waals surface area contributed by atoms with E-state index in [4.69, 9.17) is 14.2 Å². The number of hydrogen-bond donors (Lipinski definition) is 2. The van der Waals surface area contributed by atoms with Crippen molar-refractivity contribution in [1.82, 2.24) is 10.2 Å². The van der Waals surface area contributed by atoms with Crippen molar-refractivity contribution in [2.45, 2.75) is 6.42 Å². The molecule has 0 aliphatic rings. The number of amides is 1. The van der Waals surface area contributed by atoms with Gasteiger partial charge in [0, 0.05) is 23.4 Å². The number of methoxy groups -OCH3 is 2. The maximum absolute atomic E-state index is 12.7. The quantitative estimate of drug-likeness (QED) is 0.435. The number of aromatic amines is 1. The Morgan fingerprint density at radius 1 is 1.10 bits per heavy atom. The van der Waals surface area contributed by atoms with Crippen LogP contribution in [0.15, 0.2) is 53.2 Å². The third kappa shape index (κ3) is 4.23. The lowest BCUT2D eigenvalue weighted by Crippen LogP contribution is -2.12. The Balaban J connectivity index is 1.45. The first-order valence-corrected chi connectivity index (χ1v) is 10.3. The van der Waals surface area contributed by atoms with Crippen molar-refractivity contribution in [3.8, 4) is 17.2 Å². The van der Waals surface area contributed by atoms with Crippen LogP contribution in [0, 0.1) is 0 Å². The summed E-state index contributed by atoms with van der Waals surface area (Å²) in [5.74, 6) is 1.96. The first-order valence-electron chi connectivity index (χ1n) is 9.33. The maximum Gasteiger partial charge on any atom is 0.257 e. The molecule has 0 spiro atoms. The number of benzene rings is 2. The molecule has 1 amide bonds. The molecule has 0 radical (unpaired) electrons. The zero-order valence-corrected chi connectivity index (χ0v) is 17.4. The fourth-order valence-corrected chi connectivity index (χ4v) is 3.77. The number of aromatic nitrogens is 2. The van der Waals surface area contributed by atoms with Gasteiger partial charge in [-0.1, -0.05) is 0 Å². The van der Waals surface area contributed by atoms with Gasteiger partial charge in [0.25, 0.3) is 5.91 Å². The summed E-state index contributed by atoms with van der Waals surface area (Å²) in [6, 6.07) is 12.7. The van der Waals surface area contributed by atoms with Gasteiger partial charge in [-0.05, 0) is 52.7 Å². The Morgan fingerprint density at radius 2 is 1.97 bits per heavy atom. The SMILES string of the molecule is COc1ccc(C(=O)Nc2n[nH]c3cc(OCCc4ccsc4)ccc23)cc1OC. The van der Waals surface area contributed by atoms with E-state index < -0.39 is 0 Å². The molecule has 7 nitrogen and oxygen atoms in total. The first kappa shape index (κ1) is 19.8. The van der Waals surface area contributed by atoms with Crippen molar-refractivity contribution >= 4 is 34.0 Å². The molecule has 0 aliphatic heterocycles. The summed E-state index contributed by atoms with van der Waals surface area (Å²) in [4.78, 5) is 12.7. The standard InChI is InChI=1S/C22H21N3O4S/c1-27-19-6-3-15(11-20(19)28-2)22(26)23-21-17-5-4-16(12-18(17)24-25-21)29-9-7-14-8-10-30-13-14/h3-6,8,10-13H,7,9H2,1-2H3,(H2,23,24,25,26). The molecule has 0 atom stereocenters. The molecule has 0 saturated carbocycles. The van der Waals surface area contributed by atoms with Crippen LogP contribution in [0.25, 0.3) is 10.9 Å². The van der Waals surface area contributed by atoms with Crippen molar-refractivity contribution in [2.24, 2.45) is 0 Å². The van der Waals surface area contributed by atoms with E-state index in [1.165, 1.54) is 12.7 Å². The van der Waals surface area contributed by atoms with Gasteiger partial charge in [-0.3, -0.25) is 9.89 Å². The predicted octanol–water partition coefficient (Wildman–Crippen LogP) is 4.52. The van der Waals surface area contributed by atoms with Gasteiger partial charge >= 0.3 is 0 Å². The van der Waals surface area contributed by atoms with Crippen LogP contribution < -0.4 is 19.5 Å². The molecule has 0 unspecified atom stereocenters. The molecule has 4 aromatic rings. The smallest absolute Gasteiger partial charge is 0.257 e. The lowest BCUT2D eigenvalue weighted by Gasteiger charge is -2.09. The van der Waals surface area contributed by atoms with Gasteiger partial charge in [0.15, 0.2) is 17.3 Å². The highest BCUT2D eigenvalue weighted by molar-refractivity contribution is 7.07. The third-order valence-electron chi connectivity index (χ3n) is 4.65. The average Bonchev–Trinajstić information content (AvgIpc) is 3.43. The molecule has 2 heterocycles. The molecule has 0 saturated heterocycles. The Morgan fingerprint density at radius 3 is 2.73 bits per heavy atom. The predicted molar refractivity (Wildman–Crippen MR) is 117 cm³/mol. The minimum absolute atomic E-state index is 0.291. The minimum Gasteiger partial charge on any atom is -0.493 e. The number of rotatable bonds is 8. The molecule has 30 heavy (non-hydrogen) atoms. The van der Waals surface area contributed by atoms with Crippen LogP contribution in [0.1, 0.15) is 15.9 Å². The molecule has 0 bridgehead atoms. The summed E-state index contributed by atoms with van der Waals surface area (Å²) in [6.07, 6.45) is 0.858. The van der Waals surface area contributed by atoms with Crippen LogP contribution in [0.4, 0.5) is 5.82 Å². The van der Waals surface area contributed by atoms with Gasteiger partial charge in [0.2, 0.25) is 0 Å². The number of nitrogens with zero attached hydrogens (tertiary/aromatic N) is 1. The number of fused-ring (bicyclic) bond motifs is 1. The fourth-order valence-electron chi connectivity index (χ4n) is 3.06. The van der Waals surface area contributed by atoms with Gasteiger partial charge in [-0.25, -0.2) is 0 Å². The topological polar surface area (TPSA) is 85.5 Å². The van der Waals surface area contributed by atoms with Gasteiger partial charge in [-0.15, -0.1) is 0 Å². The van der Waals surface area contributed by atoms with Crippen molar-refractivity contribution < 1.29 is 19.0 Å². The molecule has 2 aromatic heterocycles. The number of thiophene rings is 1. The number of nitrogens with one attached hydrogen (secondary N) is 2. The number of ether oxygens (including phenoxy) is 3. The maximum atomic E-state index is 12.7. The van der Waals surface area contributed by atoms with Gasteiger partial charge < -0.3 is 19.5 Å². The van der Waals surface area contributed by atoms with Crippen molar-refractivity contribution in [2.75, 3.05) is 26.1 Å². The van der Waals surface area contributed by atoms with E-state index in [0.29, 0.717) is 29.5 Å². The summed E-state index contributed by atoms with van der Waals surface area (Å²) >= 11 is 1.68. The van der Waals surface area contributed by atoms with E-state index in [1.807, 2.05) is 18.2 Å². The van der Waals surface area contributed by atoms with E-state index in [2.05, 4.69) is 32.3 Å². The van der Waals surface area contributed by atoms with E-state index in [9.17, 15) is 4.79 Å². The number of hydrogen-bond acceptors (Lipinski definition) is 6. The molecule has 0 aliphatic carbocycles. The van der Waals surface area contributed by atoms with Crippen molar-refractivity contribution in [1.29, 1.82) is 0 Å². The summed E-state index contributed by atoms with van der Waals surface area (Å²) in [7, 11) is 3.08. The Labute approximate surface area is 177 Å². The largest absolute Gasteiger partial charge is 0.493 e. The van der Waals surface area contributed by atoms with Crippen molar-refractivity contribution in [3.05, 3.63) is 64.4 Å². The molecular weight excluding hydrogens is 402 g/mol. The summed E-state index contributed by atoms with van der Waals surface area (Å²) in [6.45, 7) is 0.597. The van der Waals surface area contributed by atoms with E-state index in [-0.39, 0.29) is 5.91 Å². The summed E-state index contributed by atoms with van der Waals surface area (Å²) in [5, 5.41) is 15.0. The second-order valence-electron chi connectivity index (χ2n) is 6.53. The normalized spacial score (nSPS) is 10.7. The average molecular weight is 423 g/mol. The zero-order valence-electron chi connectivity index (χ0n) is 16.6. The Hall–Kier alpha value is -3.52. The number of anilines is 1. The van der Waals surface area contributed by atoms with Gasteiger partial charge in [0.05, 0.1) is 26.3 Å². The van der Waals surface area contributed by atoms with Crippen LogP contribution >= 0.6 is 11.3 Å². The lowest BCUT2D eigenvalue weighted by atomic mass is 10.2. The van der Waals surface area contributed by atoms with E-state index in [1.54, 1.807) is 36.6 Å². The number of carbonyl (C=O) groups excluding carboxylic acids is 1. The molecule has 2 aromatic carbocycles. The molecule has 154 valence electrons. The molecule has 4 rings (SSSR count). The third-order valence-corrected chi connectivity index (χ3v) is 5.38.